The molecule has 0 unspecified atom stereocenters. The molecule has 2 aliphatic heterocycles. The molecule has 2 N–H and O–H groups in total. The minimum absolute atomic E-state index is 0.139. The highest BCUT2D eigenvalue weighted by atomic mass is 35.5. The van der Waals surface area contributed by atoms with E-state index in [0.717, 1.165) is 57.5 Å². The molecule has 3 fully saturated rings. The summed E-state index contributed by atoms with van der Waals surface area (Å²) in [5, 5.41) is 22.7. The van der Waals surface area contributed by atoms with Gasteiger partial charge in [0.25, 0.3) is 5.91 Å². The lowest BCUT2D eigenvalue weighted by molar-refractivity contribution is -0.164. The maximum atomic E-state index is 13.3. The Kier molecular flexibility index (Phi) is 8.95. The maximum absolute atomic E-state index is 13.3. The van der Waals surface area contributed by atoms with Crippen LogP contribution in [0.5, 0.6) is 5.75 Å². The van der Waals surface area contributed by atoms with Gasteiger partial charge in [0.2, 0.25) is 5.95 Å². The highest BCUT2D eigenvalue weighted by molar-refractivity contribution is 6.32. The molecule has 0 radical (unpaired) electrons. The number of carbonyl (C=O) groups excluding carboxylic acids is 1. The van der Waals surface area contributed by atoms with Gasteiger partial charge in [-0.3, -0.25) is 4.79 Å². The molecule has 1 aromatic carbocycles. The fourth-order valence-corrected chi connectivity index (χ4v) is 7.90. The molecule has 1 amide bonds. The number of nitrogens with one attached hydrogen (secondary N) is 1. The number of rotatable bonds is 7. The van der Waals surface area contributed by atoms with Crippen molar-refractivity contribution in [1.82, 2.24) is 20.2 Å². The van der Waals surface area contributed by atoms with E-state index in [4.69, 9.17) is 16.3 Å². The van der Waals surface area contributed by atoms with Crippen molar-refractivity contribution in [3.05, 3.63) is 46.2 Å². The third-order valence-corrected chi connectivity index (χ3v) is 10.6. The van der Waals surface area contributed by atoms with Gasteiger partial charge in [-0.05, 0) is 50.2 Å². The number of aliphatic hydroxyl groups is 1. The number of amides is 1. The Morgan fingerprint density at radius 3 is 2.40 bits per heavy atom. The summed E-state index contributed by atoms with van der Waals surface area (Å²) >= 11 is 6.38. The molecule has 10 heteroatoms. The van der Waals surface area contributed by atoms with Crippen molar-refractivity contribution in [2.24, 2.45) is 22.7 Å². The molecule has 3 aliphatic rings. The number of ether oxygens (including phenoxy) is 1. The van der Waals surface area contributed by atoms with Gasteiger partial charge in [-0.15, -0.1) is 0 Å². The highest BCUT2D eigenvalue weighted by Gasteiger charge is 2.64. The van der Waals surface area contributed by atoms with Gasteiger partial charge in [0, 0.05) is 67.6 Å². The predicted molar refractivity (Wildman–Crippen MR) is 167 cm³/mol. The number of likely N-dealkylation sites (tertiary alicyclic amines) is 1. The van der Waals surface area contributed by atoms with Gasteiger partial charge in [0.1, 0.15) is 17.9 Å². The third-order valence-electron chi connectivity index (χ3n) is 10.1. The van der Waals surface area contributed by atoms with Crippen LogP contribution in [-0.4, -0.2) is 76.9 Å². The Balaban J connectivity index is 1.17. The van der Waals surface area contributed by atoms with E-state index in [0.29, 0.717) is 39.7 Å². The van der Waals surface area contributed by atoms with Crippen LogP contribution in [0.25, 0.3) is 0 Å². The molecule has 5 rings (SSSR count). The first kappa shape index (κ1) is 31.5. The summed E-state index contributed by atoms with van der Waals surface area (Å²) in [4.78, 5) is 27.2. The lowest BCUT2D eigenvalue weighted by Gasteiger charge is -2.63. The number of halogens is 1. The molecular weight excluding hydrogens is 564 g/mol. The molecule has 2 aromatic rings. The zero-order valence-electron chi connectivity index (χ0n) is 26.2. The van der Waals surface area contributed by atoms with E-state index in [1.165, 1.54) is 0 Å². The van der Waals surface area contributed by atoms with Crippen LogP contribution >= 0.6 is 11.6 Å². The predicted octanol–water partition coefficient (Wildman–Crippen LogP) is 4.84. The van der Waals surface area contributed by atoms with E-state index >= 15 is 0 Å². The van der Waals surface area contributed by atoms with Crippen molar-refractivity contribution in [3.63, 3.8) is 0 Å². The van der Waals surface area contributed by atoms with Crippen LogP contribution < -0.4 is 15.0 Å². The normalized spacial score (nSPS) is 27.2. The Hall–Kier alpha value is -2.93. The van der Waals surface area contributed by atoms with Gasteiger partial charge in [-0.25, -0.2) is 9.97 Å². The first-order valence-corrected chi connectivity index (χ1v) is 15.8. The summed E-state index contributed by atoms with van der Waals surface area (Å²) in [7, 11) is 0. The number of aromatic nitrogens is 2. The highest BCUT2D eigenvalue weighted by Crippen LogP contribution is 2.56. The largest absolute Gasteiger partial charge is 0.489 e. The van der Waals surface area contributed by atoms with E-state index in [-0.39, 0.29) is 35.0 Å². The molecule has 43 heavy (non-hydrogen) atoms. The summed E-state index contributed by atoms with van der Waals surface area (Å²) in [6.45, 7) is 17.4. The number of piperidine rings is 2. The number of hydrogen-bond donors (Lipinski definition) is 2. The van der Waals surface area contributed by atoms with E-state index < -0.39 is 0 Å². The van der Waals surface area contributed by atoms with Crippen LogP contribution in [0.3, 0.4) is 0 Å². The minimum atomic E-state index is -0.360. The number of nitrogens with zero attached hydrogens (tertiary/aromatic N) is 5. The van der Waals surface area contributed by atoms with Gasteiger partial charge in [0.15, 0.2) is 0 Å². The monoisotopic (exact) mass is 608 g/mol. The molecule has 3 heterocycles. The van der Waals surface area contributed by atoms with Gasteiger partial charge in [-0.1, -0.05) is 46.2 Å². The van der Waals surface area contributed by atoms with E-state index in [1.807, 2.05) is 6.92 Å². The molecule has 9 nitrogen and oxygen atoms in total. The first-order valence-electron chi connectivity index (χ1n) is 15.5. The second-order valence-electron chi connectivity index (χ2n) is 14.0. The van der Waals surface area contributed by atoms with E-state index in [1.54, 1.807) is 24.5 Å². The summed E-state index contributed by atoms with van der Waals surface area (Å²) in [5.41, 5.74) is 0.872. The van der Waals surface area contributed by atoms with Crippen LogP contribution in [0.1, 0.15) is 75.4 Å². The topological polar surface area (TPSA) is 115 Å². The van der Waals surface area contributed by atoms with Gasteiger partial charge in [0.05, 0.1) is 22.3 Å². The average molecular weight is 609 g/mol. The summed E-state index contributed by atoms with van der Waals surface area (Å²) in [5.74, 6) is 2.24. The van der Waals surface area contributed by atoms with Crippen molar-refractivity contribution in [1.29, 1.82) is 5.26 Å². The number of hydrogen-bond acceptors (Lipinski definition) is 8. The summed E-state index contributed by atoms with van der Waals surface area (Å²) in [6, 6.07) is 5.43. The van der Waals surface area contributed by atoms with Crippen molar-refractivity contribution < 1.29 is 14.6 Å². The van der Waals surface area contributed by atoms with Crippen LogP contribution in [-0.2, 0) is 0 Å². The molecule has 2 atom stereocenters. The smallest absolute Gasteiger partial charge is 0.254 e. The SMILES string of the molecule is Cc1c(OC2C(C)(C)C(NC(=O)c3cnc(N4CC[C@H](CN5CCC(O)CC5)[C@H](C)C4)nc3)C2(C)C)ccc(C#N)c1Cl. The van der Waals surface area contributed by atoms with Gasteiger partial charge >= 0.3 is 0 Å². The van der Waals surface area contributed by atoms with Gasteiger partial charge in [-0.2, -0.15) is 5.26 Å². The molecule has 0 spiro atoms. The average Bonchev–Trinajstić information content (AvgIpc) is 2.98. The quantitative estimate of drug-likeness (QED) is 0.459. The molecule has 232 valence electrons. The standard InChI is InChI=1S/C33H45ClN6O3/c1-20-18-40(14-9-23(20)19-39-12-10-25(41)11-13-39)31-36-16-24(17-37-31)28(42)38-29-32(3,4)30(33(29,5)6)43-26-8-7-22(15-35)27(34)21(26)2/h7-8,16-17,20,23,25,29-30,41H,9-14,18-19H2,1-6H3,(H,38,42)/t20-,23-,29?,30?/m1/s1. The molecule has 1 saturated carbocycles. The third kappa shape index (κ3) is 6.20. The van der Waals surface area contributed by atoms with Crippen molar-refractivity contribution in [2.45, 2.75) is 79.1 Å². The fraction of sp³-hybridized carbons (Fsp3) is 0.636. The van der Waals surface area contributed by atoms with E-state index in [9.17, 15) is 15.2 Å². The Morgan fingerprint density at radius 2 is 1.79 bits per heavy atom. The number of aliphatic hydroxyl groups excluding tert-OH is 1. The second-order valence-corrected chi connectivity index (χ2v) is 14.4. The first-order chi connectivity index (χ1) is 20.3. The lowest BCUT2D eigenvalue weighted by atomic mass is 9.49. The second kappa shape index (κ2) is 12.2. The van der Waals surface area contributed by atoms with Crippen LogP contribution in [0.2, 0.25) is 5.02 Å². The molecule has 0 bridgehead atoms. The van der Waals surface area contributed by atoms with Gasteiger partial charge < -0.3 is 25.0 Å². The molecule has 1 aliphatic carbocycles. The summed E-state index contributed by atoms with van der Waals surface area (Å²) in [6.07, 6.45) is 5.76. The van der Waals surface area contributed by atoms with Crippen molar-refractivity contribution in [2.75, 3.05) is 37.6 Å². The summed E-state index contributed by atoms with van der Waals surface area (Å²) < 4.78 is 6.47. The van der Waals surface area contributed by atoms with E-state index in [2.05, 4.69) is 65.8 Å². The maximum Gasteiger partial charge on any atom is 0.254 e. The van der Waals surface area contributed by atoms with Crippen molar-refractivity contribution >= 4 is 23.5 Å². The number of carbonyl (C=O) groups is 1. The van der Waals surface area contributed by atoms with Crippen LogP contribution in [0, 0.1) is 40.9 Å². The van der Waals surface area contributed by atoms with Crippen LogP contribution in [0.4, 0.5) is 5.95 Å². The van der Waals surface area contributed by atoms with Crippen LogP contribution in [0.15, 0.2) is 24.5 Å². The Bertz CT molecular complexity index is 1350. The Labute approximate surface area is 260 Å². The fourth-order valence-electron chi connectivity index (χ4n) is 7.71. The zero-order valence-corrected chi connectivity index (χ0v) is 27.0. The Morgan fingerprint density at radius 1 is 1.14 bits per heavy atom. The van der Waals surface area contributed by atoms with Crippen molar-refractivity contribution in [3.8, 4) is 11.8 Å². The minimum Gasteiger partial charge on any atom is -0.489 e. The molecule has 1 aromatic heterocycles. The number of benzene rings is 1. The zero-order chi connectivity index (χ0) is 31.1. The number of nitriles is 1. The lowest BCUT2D eigenvalue weighted by Crippen LogP contribution is -2.74. The number of anilines is 1. The molecular formula is C33H45ClN6O3. The molecule has 2 saturated heterocycles.